The van der Waals surface area contributed by atoms with E-state index in [1.807, 2.05) is 6.07 Å². The molecule has 0 bridgehead atoms. The fraction of sp³-hybridized carbons (Fsp3) is 0.240. The van der Waals surface area contributed by atoms with Gasteiger partial charge in [-0.1, -0.05) is 23.7 Å². The first-order valence-corrected chi connectivity index (χ1v) is 13.1. The molecule has 0 unspecified atom stereocenters. The number of halogens is 4. The van der Waals surface area contributed by atoms with E-state index < -0.39 is 26.8 Å². The zero-order valence-corrected chi connectivity index (χ0v) is 21.0. The van der Waals surface area contributed by atoms with Gasteiger partial charge in [-0.25, -0.2) is 8.42 Å². The Hall–Kier alpha value is -3.12. The Morgan fingerprint density at radius 1 is 0.973 bits per heavy atom. The molecule has 3 aromatic rings. The number of nitrogens with one attached hydrogen (secondary N) is 2. The number of nitrogens with zero attached hydrogens (tertiary/aromatic N) is 1. The average molecular weight is 554 g/mol. The van der Waals surface area contributed by atoms with E-state index in [2.05, 4.69) is 14.9 Å². The summed E-state index contributed by atoms with van der Waals surface area (Å²) < 4.78 is 72.1. The second-order valence-corrected chi connectivity index (χ2v) is 10.5. The van der Waals surface area contributed by atoms with Crippen molar-refractivity contribution in [2.45, 2.75) is 17.6 Å². The molecule has 4 rings (SSSR count). The number of amides is 1. The number of hydrogen-bond donors (Lipinski definition) is 2. The number of hydrogen-bond acceptors (Lipinski definition) is 5. The molecule has 0 spiro atoms. The van der Waals surface area contributed by atoms with Gasteiger partial charge < -0.3 is 10.1 Å². The molecule has 1 aliphatic heterocycles. The second kappa shape index (κ2) is 11.1. The SMILES string of the molecule is O=C(Nc1ccc(S(=O)(=O)Nc2ccc(Cl)c(C(F)(F)F)c2)cc1)c1cccc(CN2CCOCC2)c1. The maximum absolute atomic E-state index is 13.1. The molecule has 0 saturated carbocycles. The van der Waals surface area contributed by atoms with Gasteiger partial charge in [0.05, 0.1) is 28.7 Å². The van der Waals surface area contributed by atoms with E-state index in [0.29, 0.717) is 37.1 Å². The molecule has 7 nitrogen and oxygen atoms in total. The van der Waals surface area contributed by atoms with Crippen LogP contribution in [-0.2, 0) is 27.5 Å². The molecule has 3 aromatic carbocycles. The summed E-state index contributed by atoms with van der Waals surface area (Å²) in [5.74, 6) is -0.363. The molecule has 12 heteroatoms. The third kappa shape index (κ3) is 7.01. The largest absolute Gasteiger partial charge is 0.417 e. The first-order chi connectivity index (χ1) is 17.5. The van der Waals surface area contributed by atoms with Crippen molar-refractivity contribution in [3.63, 3.8) is 0 Å². The van der Waals surface area contributed by atoms with Gasteiger partial charge in [0.1, 0.15) is 0 Å². The number of alkyl halides is 3. The van der Waals surface area contributed by atoms with Crippen molar-refractivity contribution in [2.75, 3.05) is 36.3 Å². The maximum atomic E-state index is 13.1. The summed E-state index contributed by atoms with van der Waals surface area (Å²) in [6, 6.07) is 15.2. The predicted molar refractivity (Wildman–Crippen MR) is 134 cm³/mol. The van der Waals surface area contributed by atoms with Crippen molar-refractivity contribution in [3.8, 4) is 0 Å². The maximum Gasteiger partial charge on any atom is 0.417 e. The number of carbonyl (C=O) groups is 1. The van der Waals surface area contributed by atoms with Crippen LogP contribution in [0.1, 0.15) is 21.5 Å². The Labute approximate surface area is 217 Å². The topological polar surface area (TPSA) is 87.7 Å². The molecule has 1 heterocycles. The van der Waals surface area contributed by atoms with Crippen molar-refractivity contribution in [1.29, 1.82) is 0 Å². The molecule has 1 amide bonds. The quantitative estimate of drug-likeness (QED) is 0.418. The molecule has 2 N–H and O–H groups in total. The zero-order valence-electron chi connectivity index (χ0n) is 19.4. The number of anilines is 2. The van der Waals surface area contributed by atoms with Gasteiger partial charge in [0.15, 0.2) is 0 Å². The van der Waals surface area contributed by atoms with E-state index in [4.69, 9.17) is 16.3 Å². The van der Waals surface area contributed by atoms with Gasteiger partial charge in [-0.15, -0.1) is 0 Å². The summed E-state index contributed by atoms with van der Waals surface area (Å²) in [4.78, 5) is 14.8. The van der Waals surface area contributed by atoms with Gasteiger partial charge in [-0.05, 0) is 60.2 Å². The fourth-order valence-corrected chi connectivity index (χ4v) is 5.04. The monoisotopic (exact) mass is 553 g/mol. The van der Waals surface area contributed by atoms with E-state index >= 15 is 0 Å². The van der Waals surface area contributed by atoms with Crippen molar-refractivity contribution in [1.82, 2.24) is 4.90 Å². The molecule has 196 valence electrons. The number of rotatable bonds is 7. The van der Waals surface area contributed by atoms with Crippen LogP contribution in [0.4, 0.5) is 24.5 Å². The standard InChI is InChI=1S/C25H23ClF3N3O4S/c26-23-9-6-20(15-22(23)25(27,28)29)31-37(34,35)21-7-4-19(5-8-21)30-24(33)18-3-1-2-17(14-18)16-32-10-12-36-13-11-32/h1-9,14-15,31H,10-13,16H2,(H,30,33). The molecule has 0 radical (unpaired) electrons. The van der Waals surface area contributed by atoms with Crippen LogP contribution in [0.2, 0.25) is 5.02 Å². The summed E-state index contributed by atoms with van der Waals surface area (Å²) in [6.07, 6.45) is -4.74. The van der Waals surface area contributed by atoms with E-state index in [1.54, 1.807) is 18.2 Å². The van der Waals surface area contributed by atoms with Gasteiger partial charge in [0.25, 0.3) is 15.9 Å². The minimum absolute atomic E-state index is 0.193. The lowest BCUT2D eigenvalue weighted by atomic mass is 10.1. The molecule has 37 heavy (non-hydrogen) atoms. The Kier molecular flexibility index (Phi) is 8.08. The predicted octanol–water partition coefficient (Wildman–Crippen LogP) is 5.24. The molecule has 1 saturated heterocycles. The highest BCUT2D eigenvalue weighted by Gasteiger charge is 2.33. The van der Waals surface area contributed by atoms with Crippen LogP contribution in [0, 0.1) is 0 Å². The van der Waals surface area contributed by atoms with E-state index in [9.17, 15) is 26.4 Å². The molecule has 1 aliphatic rings. The number of sulfonamides is 1. The Balaban J connectivity index is 1.42. The Morgan fingerprint density at radius 3 is 2.32 bits per heavy atom. The lowest BCUT2D eigenvalue weighted by Gasteiger charge is -2.26. The number of carbonyl (C=O) groups excluding carboxylic acids is 1. The number of ether oxygens (including phenoxy) is 1. The molecule has 0 aromatic heterocycles. The summed E-state index contributed by atoms with van der Waals surface area (Å²) in [5, 5.41) is 2.18. The van der Waals surface area contributed by atoms with Crippen molar-refractivity contribution >= 4 is 38.9 Å². The van der Waals surface area contributed by atoms with Crippen LogP contribution >= 0.6 is 11.6 Å². The summed E-state index contributed by atoms with van der Waals surface area (Å²) >= 11 is 5.59. The first-order valence-electron chi connectivity index (χ1n) is 11.2. The van der Waals surface area contributed by atoms with Crippen LogP contribution in [0.25, 0.3) is 0 Å². The van der Waals surface area contributed by atoms with Crippen LogP contribution < -0.4 is 10.0 Å². The third-order valence-electron chi connectivity index (χ3n) is 5.65. The highest BCUT2D eigenvalue weighted by molar-refractivity contribution is 7.92. The smallest absolute Gasteiger partial charge is 0.379 e. The van der Waals surface area contributed by atoms with Crippen LogP contribution in [0.5, 0.6) is 0 Å². The molecule has 0 atom stereocenters. The summed E-state index contributed by atoms with van der Waals surface area (Å²) in [6.45, 7) is 3.69. The fourth-order valence-electron chi connectivity index (χ4n) is 3.77. The van der Waals surface area contributed by atoms with Crippen LogP contribution in [-0.4, -0.2) is 45.5 Å². The van der Waals surface area contributed by atoms with Gasteiger partial charge >= 0.3 is 6.18 Å². The van der Waals surface area contributed by atoms with Gasteiger partial charge in [0, 0.05) is 36.6 Å². The lowest BCUT2D eigenvalue weighted by Crippen LogP contribution is -2.35. The highest BCUT2D eigenvalue weighted by atomic mass is 35.5. The van der Waals surface area contributed by atoms with Crippen molar-refractivity contribution in [2.24, 2.45) is 0 Å². The Morgan fingerprint density at radius 2 is 1.65 bits per heavy atom. The van der Waals surface area contributed by atoms with Gasteiger partial charge in [-0.2, -0.15) is 13.2 Å². The van der Waals surface area contributed by atoms with Crippen LogP contribution in [0.3, 0.4) is 0 Å². The minimum Gasteiger partial charge on any atom is -0.379 e. The van der Waals surface area contributed by atoms with E-state index in [0.717, 1.165) is 30.8 Å². The average Bonchev–Trinajstić information content (AvgIpc) is 2.85. The molecular formula is C25H23ClF3N3O4S. The summed E-state index contributed by atoms with van der Waals surface area (Å²) in [5.41, 5.74) is 0.353. The highest BCUT2D eigenvalue weighted by Crippen LogP contribution is 2.36. The number of morpholine rings is 1. The first kappa shape index (κ1) is 26.9. The Bertz CT molecular complexity index is 1380. The minimum atomic E-state index is -4.74. The molecule has 0 aliphatic carbocycles. The number of benzene rings is 3. The van der Waals surface area contributed by atoms with Gasteiger partial charge in [-0.3, -0.25) is 14.4 Å². The normalized spacial score (nSPS) is 14.8. The lowest BCUT2D eigenvalue weighted by molar-refractivity contribution is -0.137. The van der Waals surface area contributed by atoms with Crippen LogP contribution in [0.15, 0.2) is 71.6 Å². The molecule has 1 fully saturated rings. The van der Waals surface area contributed by atoms with E-state index in [1.165, 1.54) is 24.3 Å². The van der Waals surface area contributed by atoms with Crippen molar-refractivity contribution in [3.05, 3.63) is 88.4 Å². The second-order valence-electron chi connectivity index (χ2n) is 8.37. The zero-order chi connectivity index (χ0) is 26.6. The van der Waals surface area contributed by atoms with E-state index in [-0.39, 0.29) is 16.5 Å². The molecular weight excluding hydrogens is 531 g/mol. The summed E-state index contributed by atoms with van der Waals surface area (Å²) in [7, 11) is -4.19. The third-order valence-corrected chi connectivity index (χ3v) is 7.37. The van der Waals surface area contributed by atoms with Gasteiger partial charge in [0.2, 0.25) is 0 Å². The van der Waals surface area contributed by atoms with Crippen molar-refractivity contribution < 1.29 is 31.1 Å².